The Morgan fingerprint density at radius 2 is 1.47 bits per heavy atom. The maximum Gasteiger partial charge on any atom is 0.408 e. The Balaban J connectivity index is 1.35. The van der Waals surface area contributed by atoms with Gasteiger partial charge in [-0.25, -0.2) is 14.6 Å². The Morgan fingerprint density at radius 1 is 0.836 bits per heavy atom. The second kappa shape index (κ2) is 20.5. The fourth-order valence-electron chi connectivity index (χ4n) is 5.57. The molecule has 286 valence electrons. The topological polar surface area (TPSA) is 184 Å². The number of hydrogen-bond acceptors (Lipinski definition) is 9. The molecular weight excluding hydrogens is 721 g/mol. The molecule has 3 amide bonds. The highest BCUT2D eigenvalue weighted by Crippen LogP contribution is 2.22. The SMILES string of the molecule is [2H]N(C(=O)OCc1ccccc1)[C@H](Cc1cccc2ccccc12)C(=O)N[C@@H](Cc1cnc[nH]1)C(=O)N[C@@H](O[P+]([O-])=CC(=O)OCc1ccccc1)C(C)CC. The number of nitrogens with one attached hydrogen (secondary N) is 4. The van der Waals surface area contributed by atoms with E-state index in [0.29, 0.717) is 28.6 Å². The number of nitrogens with zero attached hydrogens (tertiary/aromatic N) is 1. The molecule has 2 unspecified atom stereocenters. The van der Waals surface area contributed by atoms with Crippen LogP contribution in [0.15, 0.2) is 116 Å². The molecule has 0 saturated heterocycles. The Labute approximate surface area is 321 Å². The summed E-state index contributed by atoms with van der Waals surface area (Å²) in [5.41, 5.74) is 2.64. The maximum absolute atomic E-state index is 14.3. The minimum absolute atomic E-state index is 0.0260. The third kappa shape index (κ3) is 12.6. The van der Waals surface area contributed by atoms with Crippen LogP contribution < -0.4 is 20.8 Å². The van der Waals surface area contributed by atoms with Gasteiger partial charge in [-0.3, -0.25) is 9.59 Å². The normalized spacial score (nSPS) is 13.8. The van der Waals surface area contributed by atoms with Crippen molar-refractivity contribution in [1.29, 1.82) is 0 Å². The summed E-state index contributed by atoms with van der Waals surface area (Å²) in [4.78, 5) is 74.0. The molecule has 13 nitrogen and oxygen atoms in total. The van der Waals surface area contributed by atoms with Crippen LogP contribution in [0.4, 0.5) is 4.79 Å². The average molecular weight is 767 g/mol. The zero-order valence-electron chi connectivity index (χ0n) is 31.5. The first-order valence-corrected chi connectivity index (χ1v) is 19.1. The van der Waals surface area contributed by atoms with Gasteiger partial charge in [0.05, 0.1) is 6.33 Å². The molecule has 1 heterocycles. The molecule has 4 aromatic carbocycles. The van der Waals surface area contributed by atoms with Crippen molar-refractivity contribution in [1.82, 2.24) is 25.9 Å². The molecule has 0 aliphatic rings. The van der Waals surface area contributed by atoms with Gasteiger partial charge in [-0.15, -0.1) is 0 Å². The molecule has 5 rings (SSSR count). The summed E-state index contributed by atoms with van der Waals surface area (Å²) in [6.45, 7) is 3.47. The number of alkyl carbamates (subject to hydrolysis) is 1. The van der Waals surface area contributed by atoms with E-state index in [-0.39, 0.29) is 32.0 Å². The smallest absolute Gasteiger partial charge is 0.408 e. The predicted octanol–water partition coefficient (Wildman–Crippen LogP) is 4.85. The highest BCUT2D eigenvalue weighted by Gasteiger charge is 2.32. The van der Waals surface area contributed by atoms with Crippen LogP contribution in [0.1, 0.15) is 42.7 Å². The summed E-state index contributed by atoms with van der Waals surface area (Å²) in [6, 6.07) is 28.3. The first-order valence-electron chi connectivity index (χ1n) is 18.3. The van der Waals surface area contributed by atoms with Crippen molar-refractivity contribution in [3.05, 3.63) is 138 Å². The van der Waals surface area contributed by atoms with Gasteiger partial charge in [0.1, 0.15) is 25.3 Å². The second-order valence-corrected chi connectivity index (χ2v) is 13.8. The van der Waals surface area contributed by atoms with Crippen LogP contribution >= 0.6 is 8.00 Å². The molecule has 0 radical (unpaired) electrons. The molecule has 14 heteroatoms. The molecule has 0 aliphatic heterocycles. The number of fused-ring (bicyclic) bond motifs is 1. The number of carbonyl (C=O) groups excluding carboxylic acids is 4. The number of ether oxygens (including phenoxy) is 2. The Kier molecular flexibility index (Phi) is 14.5. The van der Waals surface area contributed by atoms with Crippen molar-refractivity contribution in [2.24, 2.45) is 5.92 Å². The maximum atomic E-state index is 14.3. The lowest BCUT2D eigenvalue weighted by Gasteiger charge is -2.26. The number of amides is 3. The van der Waals surface area contributed by atoms with Crippen molar-refractivity contribution in [3.8, 4) is 0 Å². The first kappa shape index (κ1) is 38.8. The average Bonchev–Trinajstić information content (AvgIpc) is 3.74. The monoisotopic (exact) mass is 766 g/mol. The minimum Gasteiger partial charge on any atom is -0.603 e. The van der Waals surface area contributed by atoms with Gasteiger partial charge in [0.15, 0.2) is 7.64 Å². The highest BCUT2D eigenvalue weighted by molar-refractivity contribution is 7.47. The Bertz CT molecular complexity index is 2080. The number of aromatic amines is 1. The number of imidazole rings is 1. The van der Waals surface area contributed by atoms with E-state index in [2.05, 4.69) is 20.6 Å². The highest BCUT2D eigenvalue weighted by atomic mass is 31.1. The Hall–Kier alpha value is -5.88. The first-order chi connectivity index (χ1) is 27.1. The number of aromatic nitrogens is 2. The minimum atomic E-state index is -2.73. The van der Waals surface area contributed by atoms with Gasteiger partial charge in [0.25, 0.3) is 0 Å². The van der Waals surface area contributed by atoms with Crippen LogP contribution in [0.3, 0.4) is 0 Å². The van der Waals surface area contributed by atoms with E-state index in [1.165, 1.54) is 12.5 Å². The Morgan fingerprint density at radius 3 is 2.15 bits per heavy atom. The lowest BCUT2D eigenvalue weighted by Crippen LogP contribution is -2.57. The largest absolute Gasteiger partial charge is 0.603 e. The van der Waals surface area contributed by atoms with Crippen LogP contribution in [0, 0.1) is 5.92 Å². The summed E-state index contributed by atoms with van der Waals surface area (Å²) >= 11 is 0. The summed E-state index contributed by atoms with van der Waals surface area (Å²) in [5, 5.41) is 7.68. The number of esters is 1. The van der Waals surface area contributed by atoms with E-state index in [0.717, 1.165) is 22.1 Å². The molecule has 4 N–H and O–H groups in total. The quantitative estimate of drug-likeness (QED) is 0.0550. The molecule has 5 atom stereocenters. The van der Waals surface area contributed by atoms with E-state index < -0.39 is 50.2 Å². The number of benzene rings is 4. The summed E-state index contributed by atoms with van der Waals surface area (Å²) in [5.74, 6) is -1.93. The third-order valence-electron chi connectivity index (χ3n) is 8.77. The van der Waals surface area contributed by atoms with E-state index in [4.69, 9.17) is 15.4 Å². The van der Waals surface area contributed by atoms with E-state index in [1.807, 2.05) is 61.5 Å². The number of rotatable bonds is 18. The zero-order valence-corrected chi connectivity index (χ0v) is 31.4. The van der Waals surface area contributed by atoms with Gasteiger partial charge < -0.3 is 35.3 Å². The van der Waals surface area contributed by atoms with E-state index >= 15 is 0 Å². The van der Waals surface area contributed by atoms with Crippen molar-refractivity contribution in [2.75, 3.05) is 0 Å². The predicted molar refractivity (Wildman–Crippen MR) is 207 cm³/mol. The standard InChI is InChI=1S/C41H44N5O8P/c1-3-28(2)40(54-55(51)26-37(47)52-24-29-13-6-4-7-14-29)46-39(49)36(22-33-23-42-27-43-33)44-38(48)35(45-41(50)53-25-30-15-8-5-9-16-30)21-32-19-12-18-31-17-10-11-20-34(31)32/h4-20,23,26-28,35-36,40H,3,21-22,24-25H2,1-2H3,(H,42,43)(H,44,48)(H,45,50)(H,46,49)/t28?,35-,36+,40+/m1/s1/i/hD. The summed E-state index contributed by atoms with van der Waals surface area (Å²) < 4.78 is 25.1. The van der Waals surface area contributed by atoms with Crippen LogP contribution in [0.2, 0.25) is 1.41 Å². The molecular formula is C41H44N5O8P. The third-order valence-corrected chi connectivity index (χ3v) is 9.63. The van der Waals surface area contributed by atoms with Gasteiger partial charge in [0, 0.05) is 30.7 Å². The molecule has 5 aromatic rings. The van der Waals surface area contributed by atoms with E-state index in [1.54, 1.807) is 55.5 Å². The van der Waals surface area contributed by atoms with Crippen molar-refractivity contribution >= 4 is 48.4 Å². The van der Waals surface area contributed by atoms with Gasteiger partial charge >= 0.3 is 12.1 Å². The fourth-order valence-corrected chi connectivity index (χ4v) is 6.37. The molecule has 55 heavy (non-hydrogen) atoms. The second-order valence-electron chi connectivity index (χ2n) is 12.8. The molecule has 0 bridgehead atoms. The molecule has 0 aliphatic carbocycles. The van der Waals surface area contributed by atoms with Gasteiger partial charge in [-0.2, -0.15) is 4.52 Å². The van der Waals surface area contributed by atoms with Gasteiger partial charge in [-0.1, -0.05) is 117 Å². The fraction of sp³-hybridized carbons (Fsp3) is 0.268. The van der Waals surface area contributed by atoms with E-state index in [9.17, 15) is 24.1 Å². The molecule has 0 fully saturated rings. The van der Waals surface area contributed by atoms with Gasteiger partial charge in [0.2, 0.25) is 25.6 Å². The molecule has 0 saturated carbocycles. The summed E-state index contributed by atoms with van der Waals surface area (Å²) in [6.07, 6.45) is 1.08. The van der Waals surface area contributed by atoms with Crippen LogP contribution in [0.25, 0.3) is 10.8 Å². The summed E-state index contributed by atoms with van der Waals surface area (Å²) in [7, 11) is -2.73. The van der Waals surface area contributed by atoms with Crippen molar-refractivity contribution in [2.45, 2.75) is 64.6 Å². The van der Waals surface area contributed by atoms with Crippen LogP contribution in [-0.2, 0) is 54.4 Å². The van der Waals surface area contributed by atoms with Crippen LogP contribution in [-0.4, -0.2) is 58.0 Å². The number of H-pyrrole nitrogens is 1. The lowest BCUT2D eigenvalue weighted by atomic mass is 9.98. The van der Waals surface area contributed by atoms with Crippen molar-refractivity contribution in [3.63, 3.8) is 0 Å². The lowest BCUT2D eigenvalue weighted by molar-refractivity contribution is -0.178. The van der Waals surface area contributed by atoms with Gasteiger partial charge in [-0.05, 0) is 33.9 Å². The van der Waals surface area contributed by atoms with Crippen molar-refractivity contribution < 1.29 is 39.5 Å². The number of hydrogen-bond donors (Lipinski definition) is 4. The molecule has 0 spiro atoms. The van der Waals surface area contributed by atoms with Crippen LogP contribution in [0.5, 0.6) is 0 Å². The molecule has 1 aromatic heterocycles. The zero-order chi connectivity index (χ0) is 39.9. The number of carbonyl (C=O) groups is 4.